The smallest absolute Gasteiger partial charge is 0.230 e. The standard InChI is InChI=1S/C16H15N3OS2/c1-2-5-15(20)19-16-17-11(13-6-3-8-21-13)10-12(18-16)14-7-4-9-22-14/h3-4,6-10H,2,5H2,1H3,(H,17,18,19,20). The Kier molecular flexibility index (Phi) is 4.60. The number of anilines is 1. The number of nitrogens with one attached hydrogen (secondary N) is 1. The molecule has 0 atom stereocenters. The average Bonchev–Trinajstić information content (AvgIpc) is 3.21. The molecule has 0 aliphatic carbocycles. The Balaban J connectivity index is 2.00. The lowest BCUT2D eigenvalue weighted by atomic mass is 10.2. The normalized spacial score (nSPS) is 10.6. The average molecular weight is 329 g/mol. The fraction of sp³-hybridized carbons (Fsp3) is 0.188. The largest absolute Gasteiger partial charge is 0.294 e. The summed E-state index contributed by atoms with van der Waals surface area (Å²) in [5.41, 5.74) is 1.67. The third kappa shape index (κ3) is 3.40. The van der Waals surface area contributed by atoms with Gasteiger partial charge in [-0.15, -0.1) is 22.7 Å². The monoisotopic (exact) mass is 329 g/mol. The van der Waals surface area contributed by atoms with Crippen LogP contribution in [0.4, 0.5) is 5.95 Å². The van der Waals surface area contributed by atoms with Crippen LogP contribution in [0.5, 0.6) is 0 Å². The Morgan fingerprint density at radius 2 is 1.68 bits per heavy atom. The maximum atomic E-state index is 11.8. The first-order chi connectivity index (χ1) is 10.8. The molecular weight excluding hydrogens is 314 g/mol. The number of rotatable bonds is 5. The Hall–Kier alpha value is -2.05. The van der Waals surface area contributed by atoms with Crippen LogP contribution in [0.2, 0.25) is 0 Å². The predicted molar refractivity (Wildman–Crippen MR) is 92.2 cm³/mol. The van der Waals surface area contributed by atoms with Gasteiger partial charge in [-0.3, -0.25) is 10.1 Å². The van der Waals surface area contributed by atoms with Crippen LogP contribution in [0.25, 0.3) is 21.1 Å². The van der Waals surface area contributed by atoms with Crippen molar-refractivity contribution in [1.29, 1.82) is 0 Å². The molecule has 3 aromatic heterocycles. The highest BCUT2D eigenvalue weighted by Gasteiger charge is 2.11. The summed E-state index contributed by atoms with van der Waals surface area (Å²) in [5.74, 6) is 0.315. The lowest BCUT2D eigenvalue weighted by Crippen LogP contribution is -2.13. The first-order valence-electron chi connectivity index (χ1n) is 7.03. The van der Waals surface area contributed by atoms with Gasteiger partial charge in [-0.25, -0.2) is 9.97 Å². The molecule has 3 heterocycles. The maximum Gasteiger partial charge on any atom is 0.230 e. The lowest BCUT2D eigenvalue weighted by Gasteiger charge is -2.07. The minimum atomic E-state index is -0.0528. The van der Waals surface area contributed by atoms with Gasteiger partial charge in [0.15, 0.2) is 0 Å². The zero-order valence-corrected chi connectivity index (χ0v) is 13.7. The molecule has 0 spiro atoms. The highest BCUT2D eigenvalue weighted by Crippen LogP contribution is 2.30. The molecule has 22 heavy (non-hydrogen) atoms. The maximum absolute atomic E-state index is 11.8. The van der Waals surface area contributed by atoms with Crippen LogP contribution in [-0.2, 0) is 4.79 Å². The second-order valence-corrected chi connectivity index (χ2v) is 6.61. The number of carbonyl (C=O) groups excluding carboxylic acids is 1. The van der Waals surface area contributed by atoms with Crippen molar-refractivity contribution in [2.24, 2.45) is 0 Å². The summed E-state index contributed by atoms with van der Waals surface area (Å²) in [6, 6.07) is 9.98. The predicted octanol–water partition coefficient (Wildman–Crippen LogP) is 4.67. The Morgan fingerprint density at radius 3 is 2.14 bits per heavy atom. The molecule has 0 aliphatic rings. The van der Waals surface area contributed by atoms with E-state index in [1.807, 2.05) is 48.0 Å². The van der Waals surface area contributed by atoms with Gasteiger partial charge in [0.05, 0.1) is 21.1 Å². The van der Waals surface area contributed by atoms with Crippen molar-refractivity contribution in [3.63, 3.8) is 0 Å². The number of thiophene rings is 2. The third-order valence-corrected chi connectivity index (χ3v) is 4.79. The topological polar surface area (TPSA) is 54.9 Å². The Morgan fingerprint density at radius 1 is 1.09 bits per heavy atom. The second kappa shape index (κ2) is 6.81. The van der Waals surface area contributed by atoms with Crippen LogP contribution in [0, 0.1) is 0 Å². The SMILES string of the molecule is CCCC(=O)Nc1nc(-c2cccs2)cc(-c2cccs2)n1. The van der Waals surface area contributed by atoms with Gasteiger partial charge in [-0.2, -0.15) is 0 Å². The van der Waals surface area contributed by atoms with Crippen molar-refractivity contribution in [1.82, 2.24) is 9.97 Å². The fourth-order valence-corrected chi connectivity index (χ4v) is 3.39. The molecule has 3 rings (SSSR count). The van der Waals surface area contributed by atoms with Crippen LogP contribution < -0.4 is 5.32 Å². The molecule has 4 nitrogen and oxygen atoms in total. The van der Waals surface area contributed by atoms with Gasteiger partial charge >= 0.3 is 0 Å². The number of hydrogen-bond acceptors (Lipinski definition) is 5. The van der Waals surface area contributed by atoms with Crippen LogP contribution in [0.1, 0.15) is 19.8 Å². The number of aromatic nitrogens is 2. The number of amides is 1. The molecule has 6 heteroatoms. The minimum absolute atomic E-state index is 0.0528. The lowest BCUT2D eigenvalue weighted by molar-refractivity contribution is -0.116. The quantitative estimate of drug-likeness (QED) is 0.740. The summed E-state index contributed by atoms with van der Waals surface area (Å²) < 4.78 is 0. The molecule has 112 valence electrons. The molecule has 0 fully saturated rings. The van der Waals surface area contributed by atoms with Gasteiger partial charge in [0.2, 0.25) is 11.9 Å². The molecule has 0 bridgehead atoms. The van der Waals surface area contributed by atoms with Crippen LogP contribution in [-0.4, -0.2) is 15.9 Å². The Labute approximate surface area is 136 Å². The summed E-state index contributed by atoms with van der Waals surface area (Å²) in [5, 5.41) is 6.82. The van der Waals surface area contributed by atoms with Crippen LogP contribution >= 0.6 is 22.7 Å². The van der Waals surface area contributed by atoms with E-state index in [9.17, 15) is 4.79 Å². The van der Waals surface area contributed by atoms with E-state index < -0.39 is 0 Å². The van der Waals surface area contributed by atoms with E-state index in [2.05, 4.69) is 15.3 Å². The molecule has 1 amide bonds. The van der Waals surface area contributed by atoms with E-state index in [-0.39, 0.29) is 5.91 Å². The van der Waals surface area contributed by atoms with Crippen molar-refractivity contribution in [3.05, 3.63) is 41.1 Å². The first-order valence-corrected chi connectivity index (χ1v) is 8.79. The molecular formula is C16H15N3OS2. The zero-order chi connectivity index (χ0) is 15.4. The molecule has 1 N–H and O–H groups in total. The van der Waals surface area contributed by atoms with Crippen LogP contribution in [0.3, 0.4) is 0 Å². The fourth-order valence-electron chi connectivity index (χ4n) is 2.02. The molecule has 3 aromatic rings. The van der Waals surface area contributed by atoms with Gasteiger partial charge in [0.1, 0.15) is 0 Å². The van der Waals surface area contributed by atoms with Gasteiger partial charge in [0.25, 0.3) is 0 Å². The van der Waals surface area contributed by atoms with Gasteiger partial charge in [-0.1, -0.05) is 19.1 Å². The molecule has 0 saturated heterocycles. The minimum Gasteiger partial charge on any atom is -0.294 e. The third-order valence-electron chi connectivity index (χ3n) is 3.00. The van der Waals surface area contributed by atoms with E-state index in [0.717, 1.165) is 27.6 Å². The van der Waals surface area contributed by atoms with Crippen molar-refractivity contribution in [3.8, 4) is 21.1 Å². The van der Waals surface area contributed by atoms with E-state index in [4.69, 9.17) is 0 Å². The van der Waals surface area contributed by atoms with Crippen LogP contribution in [0.15, 0.2) is 41.1 Å². The number of nitrogens with zero attached hydrogens (tertiary/aromatic N) is 2. The second-order valence-electron chi connectivity index (χ2n) is 4.71. The molecule has 0 radical (unpaired) electrons. The summed E-state index contributed by atoms with van der Waals surface area (Å²) in [6.45, 7) is 1.97. The molecule has 0 aliphatic heterocycles. The molecule has 0 aromatic carbocycles. The molecule has 0 unspecified atom stereocenters. The summed E-state index contributed by atoms with van der Waals surface area (Å²) in [6.07, 6.45) is 1.27. The van der Waals surface area contributed by atoms with Gasteiger partial charge in [-0.05, 0) is 35.4 Å². The summed E-state index contributed by atoms with van der Waals surface area (Å²) >= 11 is 3.24. The highest BCUT2D eigenvalue weighted by atomic mass is 32.1. The zero-order valence-electron chi connectivity index (χ0n) is 12.1. The van der Waals surface area contributed by atoms with E-state index in [0.29, 0.717) is 12.4 Å². The number of carbonyl (C=O) groups is 1. The first kappa shape index (κ1) is 14.9. The Bertz CT molecular complexity index is 699. The number of hydrogen-bond donors (Lipinski definition) is 1. The van der Waals surface area contributed by atoms with E-state index in [1.165, 1.54) is 0 Å². The van der Waals surface area contributed by atoms with Crippen molar-refractivity contribution in [2.75, 3.05) is 5.32 Å². The van der Waals surface area contributed by atoms with Gasteiger partial charge in [0, 0.05) is 6.42 Å². The van der Waals surface area contributed by atoms with E-state index in [1.54, 1.807) is 22.7 Å². The molecule has 0 saturated carbocycles. The summed E-state index contributed by atoms with van der Waals surface area (Å²) in [4.78, 5) is 22.9. The van der Waals surface area contributed by atoms with Crippen molar-refractivity contribution >= 4 is 34.5 Å². The van der Waals surface area contributed by atoms with Crippen molar-refractivity contribution < 1.29 is 4.79 Å². The highest BCUT2D eigenvalue weighted by molar-refractivity contribution is 7.14. The van der Waals surface area contributed by atoms with E-state index >= 15 is 0 Å². The van der Waals surface area contributed by atoms with Gasteiger partial charge < -0.3 is 0 Å². The summed E-state index contributed by atoms with van der Waals surface area (Å²) in [7, 11) is 0. The van der Waals surface area contributed by atoms with Crippen molar-refractivity contribution in [2.45, 2.75) is 19.8 Å².